The van der Waals surface area contributed by atoms with Gasteiger partial charge in [-0.25, -0.2) is 4.98 Å². The van der Waals surface area contributed by atoms with Gasteiger partial charge in [-0.05, 0) is 43.2 Å². The molecule has 0 aliphatic heterocycles. The number of amides is 1. The monoisotopic (exact) mass is 323 g/mol. The normalized spacial score (nSPS) is 10.8. The zero-order valence-electron chi connectivity index (χ0n) is 14.0. The minimum atomic E-state index is -0.125. The summed E-state index contributed by atoms with van der Waals surface area (Å²) in [4.78, 5) is 16.4. The van der Waals surface area contributed by atoms with E-state index in [2.05, 4.69) is 10.3 Å². The maximum absolute atomic E-state index is 11.9. The summed E-state index contributed by atoms with van der Waals surface area (Å²) in [6.07, 6.45) is 4.63. The number of pyridine rings is 1. The highest BCUT2D eigenvalue weighted by Crippen LogP contribution is 2.18. The molecule has 24 heavy (non-hydrogen) atoms. The molecule has 2 heterocycles. The number of rotatable bonds is 6. The van der Waals surface area contributed by atoms with Gasteiger partial charge in [-0.2, -0.15) is 0 Å². The second-order valence-electron chi connectivity index (χ2n) is 5.86. The minimum absolute atomic E-state index is 0.0233. The van der Waals surface area contributed by atoms with E-state index in [0.717, 1.165) is 28.2 Å². The average molecular weight is 323 g/mol. The Kier molecular flexibility index (Phi) is 4.79. The van der Waals surface area contributed by atoms with Crippen molar-refractivity contribution in [2.45, 2.75) is 20.3 Å². The molecule has 3 rings (SSSR count). The van der Waals surface area contributed by atoms with Crippen LogP contribution in [0, 0.1) is 13.8 Å². The number of aryl methyl sites for hydroxylation is 2. The highest BCUT2D eigenvalue weighted by atomic mass is 16.5. The molecule has 124 valence electrons. The van der Waals surface area contributed by atoms with Crippen molar-refractivity contribution in [2.75, 3.05) is 13.2 Å². The highest BCUT2D eigenvalue weighted by molar-refractivity contribution is 5.77. The molecular formula is C19H21N3O2. The fourth-order valence-corrected chi connectivity index (χ4v) is 2.49. The number of ether oxygens (including phenoxy) is 1. The maximum Gasteiger partial charge on any atom is 0.257 e. The largest absolute Gasteiger partial charge is 0.483 e. The molecule has 1 N–H and O–H groups in total. The first-order valence-electron chi connectivity index (χ1n) is 8.01. The van der Waals surface area contributed by atoms with Gasteiger partial charge in [0.15, 0.2) is 6.61 Å². The van der Waals surface area contributed by atoms with E-state index in [1.165, 1.54) is 0 Å². The molecule has 1 amide bonds. The van der Waals surface area contributed by atoms with E-state index in [9.17, 15) is 4.79 Å². The van der Waals surface area contributed by atoms with Gasteiger partial charge in [-0.1, -0.05) is 18.2 Å². The predicted octanol–water partition coefficient (Wildman–Crippen LogP) is 2.69. The van der Waals surface area contributed by atoms with Crippen LogP contribution in [0.2, 0.25) is 0 Å². The van der Waals surface area contributed by atoms with E-state index in [1.54, 1.807) is 0 Å². The van der Waals surface area contributed by atoms with Crippen LogP contribution in [-0.2, 0) is 11.2 Å². The molecule has 3 aromatic rings. The number of nitrogens with zero attached hydrogens (tertiary/aromatic N) is 2. The van der Waals surface area contributed by atoms with Crippen molar-refractivity contribution in [1.29, 1.82) is 0 Å². The molecule has 0 aliphatic rings. The second kappa shape index (κ2) is 7.17. The third-order valence-corrected chi connectivity index (χ3v) is 3.82. The Bertz CT molecular complexity index is 822. The van der Waals surface area contributed by atoms with Crippen LogP contribution in [0.15, 0.2) is 48.8 Å². The van der Waals surface area contributed by atoms with Gasteiger partial charge in [-0.3, -0.25) is 4.79 Å². The van der Waals surface area contributed by atoms with Crippen molar-refractivity contribution in [2.24, 2.45) is 0 Å². The zero-order valence-corrected chi connectivity index (χ0v) is 14.0. The fraction of sp³-hybridized carbons (Fsp3) is 0.263. The third kappa shape index (κ3) is 3.93. The molecular weight excluding hydrogens is 302 g/mol. The molecule has 0 radical (unpaired) electrons. The third-order valence-electron chi connectivity index (χ3n) is 3.82. The SMILES string of the molecule is Cc1ccc(C)c(OCC(=O)NCCc2cn3ccccc3n2)c1. The van der Waals surface area contributed by atoms with Gasteiger partial charge in [-0.15, -0.1) is 0 Å². The quantitative estimate of drug-likeness (QED) is 0.759. The van der Waals surface area contributed by atoms with Crippen LogP contribution in [0.4, 0.5) is 0 Å². The van der Waals surface area contributed by atoms with Crippen molar-refractivity contribution in [3.63, 3.8) is 0 Å². The van der Waals surface area contributed by atoms with Gasteiger partial charge >= 0.3 is 0 Å². The summed E-state index contributed by atoms with van der Waals surface area (Å²) in [5, 5.41) is 2.87. The van der Waals surface area contributed by atoms with Crippen molar-refractivity contribution < 1.29 is 9.53 Å². The Balaban J connectivity index is 1.46. The molecule has 0 saturated heterocycles. The molecule has 0 aliphatic carbocycles. The van der Waals surface area contributed by atoms with Gasteiger partial charge in [0, 0.05) is 25.4 Å². The summed E-state index contributed by atoms with van der Waals surface area (Å²) >= 11 is 0. The lowest BCUT2D eigenvalue weighted by molar-refractivity contribution is -0.123. The van der Waals surface area contributed by atoms with Gasteiger partial charge in [0.25, 0.3) is 5.91 Å². The summed E-state index contributed by atoms with van der Waals surface area (Å²) in [5.41, 5.74) is 4.01. The van der Waals surface area contributed by atoms with Crippen LogP contribution in [-0.4, -0.2) is 28.4 Å². The number of nitrogens with one attached hydrogen (secondary N) is 1. The van der Waals surface area contributed by atoms with Crippen LogP contribution in [0.25, 0.3) is 5.65 Å². The number of carbonyl (C=O) groups excluding carboxylic acids is 1. The van der Waals surface area contributed by atoms with Crippen LogP contribution < -0.4 is 10.1 Å². The molecule has 0 bridgehead atoms. The van der Waals surface area contributed by atoms with E-state index >= 15 is 0 Å². The standard InChI is InChI=1S/C19H21N3O2/c1-14-6-7-15(2)17(11-14)24-13-19(23)20-9-8-16-12-22-10-4-3-5-18(22)21-16/h3-7,10-12H,8-9,13H2,1-2H3,(H,20,23). The smallest absolute Gasteiger partial charge is 0.257 e. The number of hydrogen-bond acceptors (Lipinski definition) is 3. The number of benzene rings is 1. The Morgan fingerprint density at radius 1 is 1.25 bits per heavy atom. The zero-order chi connectivity index (χ0) is 16.9. The molecule has 0 fully saturated rings. The molecule has 1 aromatic carbocycles. The van der Waals surface area contributed by atoms with E-state index in [4.69, 9.17) is 4.74 Å². The maximum atomic E-state index is 11.9. The van der Waals surface area contributed by atoms with E-state index in [-0.39, 0.29) is 12.5 Å². The topological polar surface area (TPSA) is 55.6 Å². The van der Waals surface area contributed by atoms with Gasteiger partial charge in [0.05, 0.1) is 5.69 Å². The summed E-state index contributed by atoms with van der Waals surface area (Å²) in [6, 6.07) is 11.8. The Morgan fingerprint density at radius 3 is 2.96 bits per heavy atom. The van der Waals surface area contributed by atoms with Crippen LogP contribution in [0.1, 0.15) is 16.8 Å². The lowest BCUT2D eigenvalue weighted by Gasteiger charge is -2.10. The first-order chi connectivity index (χ1) is 11.6. The average Bonchev–Trinajstić information content (AvgIpc) is 2.98. The lowest BCUT2D eigenvalue weighted by Crippen LogP contribution is -2.30. The highest BCUT2D eigenvalue weighted by Gasteiger charge is 2.06. The number of imidazole rings is 1. The second-order valence-corrected chi connectivity index (χ2v) is 5.86. The predicted molar refractivity (Wildman–Crippen MR) is 93.3 cm³/mol. The molecule has 0 unspecified atom stereocenters. The first-order valence-corrected chi connectivity index (χ1v) is 8.01. The number of carbonyl (C=O) groups is 1. The van der Waals surface area contributed by atoms with Crippen molar-refractivity contribution >= 4 is 11.6 Å². The molecule has 0 spiro atoms. The van der Waals surface area contributed by atoms with Gasteiger partial charge in [0.1, 0.15) is 11.4 Å². The van der Waals surface area contributed by atoms with E-state index in [0.29, 0.717) is 13.0 Å². The summed E-state index contributed by atoms with van der Waals surface area (Å²) in [6.45, 7) is 4.53. The minimum Gasteiger partial charge on any atom is -0.483 e. The summed E-state index contributed by atoms with van der Waals surface area (Å²) in [7, 11) is 0. The molecule has 2 aromatic heterocycles. The fourth-order valence-electron chi connectivity index (χ4n) is 2.49. The van der Waals surface area contributed by atoms with Crippen LogP contribution >= 0.6 is 0 Å². The number of fused-ring (bicyclic) bond motifs is 1. The molecule has 5 heteroatoms. The van der Waals surface area contributed by atoms with E-state index in [1.807, 2.05) is 67.0 Å². The summed E-state index contributed by atoms with van der Waals surface area (Å²) in [5.74, 6) is 0.630. The Morgan fingerprint density at radius 2 is 2.12 bits per heavy atom. The van der Waals surface area contributed by atoms with Crippen LogP contribution in [0.5, 0.6) is 5.75 Å². The Hall–Kier alpha value is -2.82. The molecule has 0 atom stereocenters. The number of aromatic nitrogens is 2. The first kappa shape index (κ1) is 16.1. The lowest BCUT2D eigenvalue weighted by atomic mass is 10.1. The molecule has 5 nitrogen and oxygen atoms in total. The molecule has 0 saturated carbocycles. The van der Waals surface area contributed by atoms with Crippen molar-refractivity contribution in [1.82, 2.24) is 14.7 Å². The van der Waals surface area contributed by atoms with Crippen molar-refractivity contribution in [3.05, 3.63) is 65.6 Å². The van der Waals surface area contributed by atoms with E-state index < -0.39 is 0 Å². The van der Waals surface area contributed by atoms with Crippen molar-refractivity contribution in [3.8, 4) is 5.75 Å². The van der Waals surface area contributed by atoms with Gasteiger partial charge in [0.2, 0.25) is 0 Å². The number of hydrogen-bond donors (Lipinski definition) is 1. The van der Waals surface area contributed by atoms with Gasteiger partial charge < -0.3 is 14.5 Å². The Labute approximate surface area is 141 Å². The summed E-state index contributed by atoms with van der Waals surface area (Å²) < 4.78 is 7.57. The van der Waals surface area contributed by atoms with Crippen LogP contribution in [0.3, 0.4) is 0 Å².